The predicted molar refractivity (Wildman–Crippen MR) is 134 cm³/mol. The number of aliphatic imine (C=N–C) groups is 1. The van der Waals surface area contributed by atoms with E-state index in [9.17, 15) is 8.78 Å². The van der Waals surface area contributed by atoms with E-state index in [0.29, 0.717) is 23.5 Å². The summed E-state index contributed by atoms with van der Waals surface area (Å²) in [7, 11) is 0. The number of nitrogens with one attached hydrogen (secondary N) is 1. The zero-order valence-corrected chi connectivity index (χ0v) is 20.0. The molecule has 176 valence electrons. The van der Waals surface area contributed by atoms with E-state index in [1.807, 2.05) is 30.5 Å². The highest BCUT2D eigenvalue weighted by Crippen LogP contribution is 2.30. The van der Waals surface area contributed by atoms with Crippen molar-refractivity contribution in [3.05, 3.63) is 70.5 Å². The van der Waals surface area contributed by atoms with Gasteiger partial charge in [-0.05, 0) is 57.5 Å². The van der Waals surface area contributed by atoms with Crippen LogP contribution in [0.3, 0.4) is 0 Å². The Morgan fingerprint density at radius 2 is 1.97 bits per heavy atom. The number of anilines is 1. The minimum Gasteiger partial charge on any atom is -0.382 e. The number of aromatic nitrogens is 2. The lowest BCUT2D eigenvalue weighted by atomic mass is 9.99. The fourth-order valence-electron chi connectivity index (χ4n) is 4.74. The highest BCUT2D eigenvalue weighted by molar-refractivity contribution is 6.35. The van der Waals surface area contributed by atoms with Crippen molar-refractivity contribution >= 4 is 39.6 Å². The molecule has 1 fully saturated rings. The number of rotatable bonds is 6. The van der Waals surface area contributed by atoms with Crippen LogP contribution in [0.1, 0.15) is 37.9 Å². The predicted octanol–water partition coefficient (Wildman–Crippen LogP) is 5.73. The Morgan fingerprint density at radius 1 is 1.12 bits per heavy atom. The van der Waals surface area contributed by atoms with Gasteiger partial charge < -0.3 is 5.32 Å². The van der Waals surface area contributed by atoms with Gasteiger partial charge in [-0.2, -0.15) is 0 Å². The summed E-state index contributed by atoms with van der Waals surface area (Å²) >= 11 is 5.90. The number of hydrogen-bond acceptors (Lipinski definition) is 5. The minimum atomic E-state index is -0.796. The van der Waals surface area contributed by atoms with Crippen LogP contribution in [0.25, 0.3) is 16.6 Å². The van der Waals surface area contributed by atoms with Gasteiger partial charge in [0.05, 0.1) is 45.9 Å². The monoisotopic (exact) mass is 481 g/mol. The fraction of sp³-hybridized carbons (Fsp3) is 0.346. The van der Waals surface area contributed by atoms with Gasteiger partial charge in [0.2, 0.25) is 0 Å². The zero-order valence-electron chi connectivity index (χ0n) is 19.2. The molecule has 2 aromatic heterocycles. The fourth-order valence-corrected chi connectivity index (χ4v) is 4.90. The van der Waals surface area contributed by atoms with Gasteiger partial charge in [0.25, 0.3) is 0 Å². The minimum absolute atomic E-state index is 0.144. The molecule has 0 radical (unpaired) electrons. The maximum absolute atomic E-state index is 14.5. The molecule has 1 aromatic carbocycles. The van der Waals surface area contributed by atoms with Crippen molar-refractivity contribution in [1.82, 2.24) is 14.9 Å². The number of fused-ring (bicyclic) bond motifs is 1. The van der Waals surface area contributed by atoms with Gasteiger partial charge in [0, 0.05) is 35.8 Å². The largest absolute Gasteiger partial charge is 0.382 e. The van der Waals surface area contributed by atoms with Crippen LogP contribution in [0.2, 0.25) is 5.02 Å². The molecule has 0 saturated carbocycles. The molecule has 5 rings (SSSR count). The van der Waals surface area contributed by atoms with Gasteiger partial charge in [-0.15, -0.1) is 0 Å². The third-order valence-corrected chi connectivity index (χ3v) is 6.95. The topological polar surface area (TPSA) is 53.4 Å². The average Bonchev–Trinajstić information content (AvgIpc) is 3.42. The van der Waals surface area contributed by atoms with Crippen LogP contribution in [0.4, 0.5) is 14.5 Å². The van der Waals surface area contributed by atoms with Crippen molar-refractivity contribution in [3.63, 3.8) is 0 Å². The first-order chi connectivity index (χ1) is 16.3. The second-order valence-corrected chi connectivity index (χ2v) is 9.75. The van der Waals surface area contributed by atoms with E-state index in [1.54, 1.807) is 0 Å². The first kappa shape index (κ1) is 22.9. The molecular weight excluding hydrogens is 456 g/mol. The highest BCUT2D eigenvalue weighted by Gasteiger charge is 2.31. The Balaban J connectivity index is 1.36. The summed E-state index contributed by atoms with van der Waals surface area (Å²) in [6.45, 7) is 7.91. The summed E-state index contributed by atoms with van der Waals surface area (Å²) in [4.78, 5) is 16.2. The van der Waals surface area contributed by atoms with Crippen molar-refractivity contribution in [2.45, 2.75) is 32.2 Å². The molecule has 0 amide bonds. The summed E-state index contributed by atoms with van der Waals surface area (Å²) < 4.78 is 28.1. The SMILES string of the molecule is CC1(C)CCCN1CCNc1cnc2ccc(C3=CCN=C3c3cc(Cl)c(F)cc3F)nc2c1. The van der Waals surface area contributed by atoms with Crippen molar-refractivity contribution < 1.29 is 8.78 Å². The van der Waals surface area contributed by atoms with Crippen LogP contribution in [0.15, 0.2) is 47.6 Å². The first-order valence-electron chi connectivity index (χ1n) is 11.5. The van der Waals surface area contributed by atoms with Crippen molar-refractivity contribution in [1.29, 1.82) is 0 Å². The number of pyridine rings is 2. The Kier molecular flexibility index (Phi) is 6.08. The summed E-state index contributed by atoms with van der Waals surface area (Å²) in [5.41, 5.74) is 4.58. The molecule has 0 atom stereocenters. The zero-order chi connectivity index (χ0) is 23.9. The Morgan fingerprint density at radius 3 is 2.76 bits per heavy atom. The number of hydrogen-bond donors (Lipinski definition) is 1. The molecule has 0 aliphatic carbocycles. The van der Waals surface area contributed by atoms with Gasteiger partial charge in [-0.1, -0.05) is 17.7 Å². The molecule has 5 nitrogen and oxygen atoms in total. The van der Waals surface area contributed by atoms with E-state index < -0.39 is 11.6 Å². The molecule has 0 unspecified atom stereocenters. The van der Waals surface area contributed by atoms with Crippen LogP contribution < -0.4 is 5.32 Å². The van der Waals surface area contributed by atoms with Crippen LogP contribution >= 0.6 is 11.6 Å². The average molecular weight is 482 g/mol. The van der Waals surface area contributed by atoms with E-state index >= 15 is 0 Å². The number of nitrogens with zero attached hydrogens (tertiary/aromatic N) is 4. The lowest BCUT2D eigenvalue weighted by Crippen LogP contribution is -2.40. The Labute approximate surface area is 202 Å². The number of benzene rings is 1. The normalized spacial score (nSPS) is 17.8. The van der Waals surface area contributed by atoms with Gasteiger partial charge in [0.15, 0.2) is 0 Å². The lowest BCUT2D eigenvalue weighted by Gasteiger charge is -2.31. The lowest BCUT2D eigenvalue weighted by molar-refractivity contribution is 0.182. The van der Waals surface area contributed by atoms with E-state index in [4.69, 9.17) is 16.6 Å². The summed E-state index contributed by atoms with van der Waals surface area (Å²) in [5, 5.41) is 3.32. The summed E-state index contributed by atoms with van der Waals surface area (Å²) in [6.07, 6.45) is 6.17. The van der Waals surface area contributed by atoms with Crippen LogP contribution in [-0.2, 0) is 0 Å². The second-order valence-electron chi connectivity index (χ2n) is 9.34. The van der Waals surface area contributed by atoms with E-state index in [-0.39, 0.29) is 16.1 Å². The molecule has 0 spiro atoms. The van der Waals surface area contributed by atoms with Crippen molar-refractivity contribution in [2.75, 3.05) is 31.5 Å². The van der Waals surface area contributed by atoms with E-state index in [2.05, 4.69) is 34.0 Å². The standard InChI is InChI=1S/C26H26ClF2N5/c1-26(2)7-3-10-34(26)11-9-30-16-12-24-23(32-15-16)5-4-22(33-24)17-6-8-31-25(17)18-13-19(27)21(29)14-20(18)28/h4-6,12-15,30H,3,7-11H2,1-2H3. The summed E-state index contributed by atoms with van der Waals surface area (Å²) in [6, 6.07) is 7.76. The van der Waals surface area contributed by atoms with Gasteiger partial charge in [-0.3, -0.25) is 14.9 Å². The third-order valence-electron chi connectivity index (χ3n) is 6.66. The molecule has 2 aliphatic rings. The molecule has 1 saturated heterocycles. The van der Waals surface area contributed by atoms with E-state index in [0.717, 1.165) is 42.4 Å². The number of halogens is 3. The van der Waals surface area contributed by atoms with Crippen LogP contribution in [0, 0.1) is 11.6 Å². The Hall–Kier alpha value is -2.90. The molecule has 1 N–H and O–H groups in total. The molecule has 2 aliphatic heterocycles. The molecule has 4 heterocycles. The third kappa shape index (κ3) is 4.42. The maximum Gasteiger partial charge on any atom is 0.144 e. The van der Waals surface area contributed by atoms with Crippen molar-refractivity contribution in [3.8, 4) is 0 Å². The first-order valence-corrected chi connectivity index (χ1v) is 11.9. The maximum atomic E-state index is 14.5. The number of allylic oxidation sites excluding steroid dienone is 1. The molecular formula is C26H26ClF2N5. The van der Waals surface area contributed by atoms with Gasteiger partial charge in [0.1, 0.15) is 11.6 Å². The van der Waals surface area contributed by atoms with Crippen molar-refractivity contribution in [2.24, 2.45) is 4.99 Å². The molecule has 34 heavy (non-hydrogen) atoms. The smallest absolute Gasteiger partial charge is 0.144 e. The molecule has 0 bridgehead atoms. The second kappa shape index (κ2) is 9.04. The van der Waals surface area contributed by atoms with Crippen LogP contribution in [0.5, 0.6) is 0 Å². The van der Waals surface area contributed by atoms with Gasteiger partial charge >= 0.3 is 0 Å². The van der Waals surface area contributed by atoms with Gasteiger partial charge in [-0.25, -0.2) is 13.8 Å². The Bertz CT molecular complexity index is 1320. The van der Waals surface area contributed by atoms with Crippen LogP contribution in [-0.4, -0.2) is 52.3 Å². The molecule has 8 heteroatoms. The summed E-state index contributed by atoms with van der Waals surface area (Å²) in [5.74, 6) is -1.50. The number of likely N-dealkylation sites (tertiary alicyclic amines) is 1. The highest BCUT2D eigenvalue weighted by atomic mass is 35.5. The molecule has 3 aromatic rings. The van der Waals surface area contributed by atoms with E-state index in [1.165, 1.54) is 18.9 Å². The quantitative estimate of drug-likeness (QED) is 0.456.